The van der Waals surface area contributed by atoms with Gasteiger partial charge in [-0.2, -0.15) is 0 Å². The van der Waals surface area contributed by atoms with Crippen molar-refractivity contribution in [1.82, 2.24) is 5.32 Å². The molecule has 0 saturated carbocycles. The van der Waals surface area contributed by atoms with Gasteiger partial charge in [-0.15, -0.1) is 0 Å². The Morgan fingerprint density at radius 1 is 1.19 bits per heavy atom. The topological polar surface area (TPSA) is 82.0 Å². The number of benzene rings is 2. The molecule has 0 bridgehead atoms. The second kappa shape index (κ2) is 8.08. The molecule has 4 N–H and O–H groups in total. The first-order valence-corrected chi connectivity index (χ1v) is 9.05. The molecule has 1 aliphatic carbocycles. The van der Waals surface area contributed by atoms with E-state index in [0.29, 0.717) is 5.56 Å². The van der Waals surface area contributed by atoms with Crippen LogP contribution in [0.3, 0.4) is 0 Å². The average molecular weight is 357 g/mol. The summed E-state index contributed by atoms with van der Waals surface area (Å²) in [4.78, 5) is 0. The van der Waals surface area contributed by atoms with Crippen molar-refractivity contribution in [2.45, 2.75) is 51.0 Å². The maximum Gasteiger partial charge on any atom is 0.121 e. The van der Waals surface area contributed by atoms with E-state index in [1.54, 1.807) is 19.2 Å². The van der Waals surface area contributed by atoms with Gasteiger partial charge in [0, 0.05) is 17.6 Å². The number of hydrogen-bond acceptors (Lipinski definition) is 5. The lowest BCUT2D eigenvalue weighted by Crippen LogP contribution is -2.44. The Labute approximate surface area is 154 Å². The second-order valence-corrected chi connectivity index (χ2v) is 7.00. The van der Waals surface area contributed by atoms with Crippen LogP contribution in [0, 0.1) is 0 Å². The number of rotatable bonds is 6. The molecule has 1 aliphatic rings. The monoisotopic (exact) mass is 357 g/mol. The van der Waals surface area contributed by atoms with Crippen molar-refractivity contribution in [3.05, 3.63) is 58.7 Å². The molecule has 5 nitrogen and oxygen atoms in total. The number of methoxy groups -OCH3 is 1. The Morgan fingerprint density at radius 3 is 2.58 bits per heavy atom. The van der Waals surface area contributed by atoms with E-state index in [9.17, 15) is 15.3 Å². The van der Waals surface area contributed by atoms with Crippen LogP contribution in [-0.4, -0.2) is 34.5 Å². The molecule has 2 aromatic carbocycles. The maximum atomic E-state index is 10.8. The molecule has 0 aliphatic heterocycles. The maximum absolute atomic E-state index is 10.8. The fraction of sp³-hybridized carbons (Fsp3) is 0.429. The highest BCUT2D eigenvalue weighted by atomic mass is 16.5. The molecule has 3 atom stereocenters. The minimum Gasteiger partial charge on any atom is -0.508 e. The van der Waals surface area contributed by atoms with Crippen molar-refractivity contribution in [1.29, 1.82) is 0 Å². The highest BCUT2D eigenvalue weighted by Gasteiger charge is 2.30. The summed E-state index contributed by atoms with van der Waals surface area (Å²) in [5, 5.41) is 33.7. The van der Waals surface area contributed by atoms with E-state index in [2.05, 4.69) is 24.4 Å². The lowest BCUT2D eigenvalue weighted by Gasteiger charge is -2.34. The number of aromatic hydroxyl groups is 1. The molecule has 0 amide bonds. The van der Waals surface area contributed by atoms with E-state index in [1.807, 2.05) is 12.1 Å². The fourth-order valence-corrected chi connectivity index (χ4v) is 3.84. The molecule has 0 aromatic heterocycles. The SMILES string of the molecule is COc1ccc(CC(C)N[C@H]2CCc3c(ccc(O)c3CO)[C@@H]2O)cc1. The zero-order chi connectivity index (χ0) is 18.7. The number of hydrogen-bond donors (Lipinski definition) is 4. The van der Waals surface area contributed by atoms with Crippen LogP contribution in [0.2, 0.25) is 0 Å². The minimum absolute atomic E-state index is 0.0492. The van der Waals surface area contributed by atoms with Gasteiger partial charge in [-0.05, 0) is 61.1 Å². The van der Waals surface area contributed by atoms with Gasteiger partial charge in [-0.1, -0.05) is 18.2 Å². The van der Waals surface area contributed by atoms with E-state index < -0.39 is 6.10 Å². The largest absolute Gasteiger partial charge is 0.508 e. The Balaban J connectivity index is 1.67. The predicted octanol–water partition coefficient (Wildman–Crippen LogP) is 2.46. The van der Waals surface area contributed by atoms with E-state index in [4.69, 9.17) is 4.74 Å². The smallest absolute Gasteiger partial charge is 0.121 e. The first-order valence-electron chi connectivity index (χ1n) is 9.05. The molecule has 5 heteroatoms. The quantitative estimate of drug-likeness (QED) is 0.638. The van der Waals surface area contributed by atoms with E-state index in [-0.39, 0.29) is 24.4 Å². The molecule has 140 valence electrons. The summed E-state index contributed by atoms with van der Waals surface area (Å²) in [5.41, 5.74) is 3.42. The third-order valence-electron chi connectivity index (χ3n) is 5.21. The predicted molar refractivity (Wildman–Crippen MR) is 100 cm³/mol. The van der Waals surface area contributed by atoms with Gasteiger partial charge in [0.15, 0.2) is 0 Å². The van der Waals surface area contributed by atoms with Crippen LogP contribution in [0.1, 0.15) is 41.7 Å². The molecule has 3 rings (SSSR count). The molecule has 0 fully saturated rings. The van der Waals surface area contributed by atoms with Gasteiger partial charge in [-0.3, -0.25) is 0 Å². The number of fused-ring (bicyclic) bond motifs is 1. The number of ether oxygens (including phenoxy) is 1. The van der Waals surface area contributed by atoms with Crippen molar-refractivity contribution >= 4 is 0 Å². The van der Waals surface area contributed by atoms with Crippen molar-refractivity contribution in [3.8, 4) is 11.5 Å². The van der Waals surface area contributed by atoms with Crippen molar-refractivity contribution in [3.63, 3.8) is 0 Å². The number of nitrogens with one attached hydrogen (secondary N) is 1. The van der Waals surface area contributed by atoms with Crippen LogP contribution in [0.5, 0.6) is 11.5 Å². The Kier molecular flexibility index (Phi) is 5.81. The van der Waals surface area contributed by atoms with Crippen molar-refractivity contribution in [2.75, 3.05) is 7.11 Å². The van der Waals surface area contributed by atoms with Gasteiger partial charge in [0.2, 0.25) is 0 Å². The van der Waals surface area contributed by atoms with Crippen LogP contribution in [0.25, 0.3) is 0 Å². The molecule has 2 aromatic rings. The lowest BCUT2D eigenvalue weighted by atomic mass is 9.82. The summed E-state index contributed by atoms with van der Waals surface area (Å²) < 4.78 is 5.19. The van der Waals surface area contributed by atoms with E-state index in [0.717, 1.165) is 36.1 Å². The minimum atomic E-state index is -0.650. The van der Waals surface area contributed by atoms with Crippen LogP contribution < -0.4 is 10.1 Å². The van der Waals surface area contributed by atoms with Crippen molar-refractivity contribution in [2.24, 2.45) is 0 Å². The molecular weight excluding hydrogens is 330 g/mol. The summed E-state index contributed by atoms with van der Waals surface area (Å²) in [7, 11) is 1.66. The lowest BCUT2D eigenvalue weighted by molar-refractivity contribution is 0.108. The van der Waals surface area contributed by atoms with Gasteiger partial charge in [0.25, 0.3) is 0 Å². The molecule has 26 heavy (non-hydrogen) atoms. The average Bonchev–Trinajstić information content (AvgIpc) is 2.64. The van der Waals surface area contributed by atoms with Gasteiger partial charge in [-0.25, -0.2) is 0 Å². The number of aliphatic hydroxyl groups is 2. The Hall–Kier alpha value is -2.08. The molecular formula is C21H27NO4. The molecule has 1 unspecified atom stereocenters. The summed E-state index contributed by atoms with van der Waals surface area (Å²) in [6.07, 6.45) is 1.70. The van der Waals surface area contributed by atoms with Crippen LogP contribution >= 0.6 is 0 Å². The van der Waals surface area contributed by atoms with Crippen LogP contribution in [0.15, 0.2) is 36.4 Å². The van der Waals surface area contributed by atoms with E-state index >= 15 is 0 Å². The van der Waals surface area contributed by atoms with Gasteiger partial charge >= 0.3 is 0 Å². The van der Waals surface area contributed by atoms with Crippen molar-refractivity contribution < 1.29 is 20.1 Å². The summed E-state index contributed by atoms with van der Waals surface area (Å²) in [5.74, 6) is 0.939. The number of phenols is 1. The van der Waals surface area contributed by atoms with Gasteiger partial charge in [0.05, 0.1) is 19.8 Å². The summed E-state index contributed by atoms with van der Waals surface area (Å²) in [6.45, 7) is 1.90. The summed E-state index contributed by atoms with van der Waals surface area (Å²) in [6, 6.07) is 11.5. The highest BCUT2D eigenvalue weighted by molar-refractivity contribution is 5.46. The molecule has 0 spiro atoms. The van der Waals surface area contributed by atoms with E-state index in [1.165, 1.54) is 5.56 Å². The molecule has 0 radical (unpaired) electrons. The second-order valence-electron chi connectivity index (χ2n) is 7.00. The number of aliphatic hydroxyl groups excluding tert-OH is 2. The van der Waals surface area contributed by atoms with Gasteiger partial charge in [0.1, 0.15) is 11.5 Å². The Morgan fingerprint density at radius 2 is 1.92 bits per heavy atom. The third kappa shape index (κ3) is 3.85. The van der Waals surface area contributed by atoms with Crippen LogP contribution in [-0.2, 0) is 19.4 Å². The van der Waals surface area contributed by atoms with Gasteiger partial charge < -0.3 is 25.4 Å². The fourth-order valence-electron chi connectivity index (χ4n) is 3.84. The Bertz CT molecular complexity index is 744. The zero-order valence-corrected chi connectivity index (χ0v) is 15.3. The first kappa shape index (κ1) is 18.7. The highest BCUT2D eigenvalue weighted by Crippen LogP contribution is 2.36. The standard InChI is InChI=1S/C21H27NO4/c1-13(11-14-3-5-15(26-2)6-4-14)22-19-9-7-16-17(21(19)25)8-10-20(24)18(16)12-23/h3-6,8,10,13,19,21-25H,7,9,11-12H2,1-2H3/t13?,19-,21-/m0/s1. The molecule has 0 heterocycles. The van der Waals surface area contributed by atoms with Crippen LogP contribution in [0.4, 0.5) is 0 Å². The molecule has 0 saturated heterocycles. The summed E-state index contributed by atoms with van der Waals surface area (Å²) >= 11 is 0. The first-order chi connectivity index (χ1) is 12.5. The zero-order valence-electron chi connectivity index (χ0n) is 15.3. The third-order valence-corrected chi connectivity index (χ3v) is 5.21. The normalized spacial score (nSPS) is 20.5.